The molecule has 0 spiro atoms. The highest BCUT2D eigenvalue weighted by atomic mass is 79.9. The lowest BCUT2D eigenvalue weighted by Crippen LogP contribution is -2.19. The molecule has 44 heavy (non-hydrogen) atoms. The molecule has 0 aliphatic carbocycles. The van der Waals surface area contributed by atoms with Gasteiger partial charge in [-0.1, -0.05) is 99.8 Å². The van der Waals surface area contributed by atoms with Crippen molar-refractivity contribution in [3.63, 3.8) is 0 Å². The van der Waals surface area contributed by atoms with Crippen molar-refractivity contribution >= 4 is 112 Å². The first kappa shape index (κ1) is 39.6. The molecule has 0 unspecified atom stereocenters. The molecule has 238 valence electrons. The van der Waals surface area contributed by atoms with Crippen LogP contribution in [-0.4, -0.2) is 35.9 Å². The van der Waals surface area contributed by atoms with Gasteiger partial charge in [-0.2, -0.15) is 0 Å². The molecule has 4 N–H and O–H groups in total. The molecule has 0 saturated carbocycles. The zero-order valence-electron chi connectivity index (χ0n) is 24.4. The maximum Gasteiger partial charge on any atom is 0.143 e. The van der Waals surface area contributed by atoms with Crippen molar-refractivity contribution in [2.75, 3.05) is 10.7 Å². The highest BCUT2D eigenvalue weighted by Crippen LogP contribution is 2.43. The second kappa shape index (κ2) is 17.6. The molecule has 0 saturated heterocycles. The third-order valence-electron chi connectivity index (χ3n) is 6.99. The van der Waals surface area contributed by atoms with Crippen LogP contribution in [-0.2, 0) is 10.8 Å². The largest absolute Gasteiger partial charge is 0.508 e. The van der Waals surface area contributed by atoms with Crippen LogP contribution >= 0.6 is 112 Å². The number of halogens is 7. The molecule has 0 aromatic heterocycles. The van der Waals surface area contributed by atoms with Crippen LogP contribution in [0.2, 0.25) is 0 Å². The molecule has 11 heteroatoms. The van der Waals surface area contributed by atoms with Crippen molar-refractivity contribution in [3.8, 4) is 23.0 Å². The monoisotopic (exact) mass is 1050 g/mol. The molecule has 4 aromatic carbocycles. The number of aromatic hydroxyl groups is 4. The van der Waals surface area contributed by atoms with Crippen LogP contribution in [0.1, 0.15) is 49.9 Å². The number of hydrogen-bond donors (Lipinski definition) is 4. The maximum atomic E-state index is 9.85. The van der Waals surface area contributed by atoms with E-state index in [0.29, 0.717) is 22.7 Å². The lowest BCUT2D eigenvalue weighted by molar-refractivity contribution is 0.466. The molecule has 0 aliphatic heterocycles. The summed E-state index contributed by atoms with van der Waals surface area (Å²) >= 11 is 23.4. The summed E-state index contributed by atoms with van der Waals surface area (Å²) in [5.74, 6) is 0.913. The van der Waals surface area contributed by atoms with Gasteiger partial charge < -0.3 is 20.4 Å². The lowest BCUT2D eigenvalue weighted by Gasteiger charge is -2.27. The molecule has 0 heterocycles. The van der Waals surface area contributed by atoms with Gasteiger partial charge >= 0.3 is 0 Å². The minimum absolute atomic E-state index is 0.151. The first-order valence-electron chi connectivity index (χ1n) is 13.2. The van der Waals surface area contributed by atoms with Crippen LogP contribution in [0.4, 0.5) is 0 Å². The Morgan fingerprint density at radius 1 is 0.500 bits per heavy atom. The van der Waals surface area contributed by atoms with E-state index in [1.807, 2.05) is 48.5 Å². The van der Waals surface area contributed by atoms with Crippen LogP contribution < -0.4 is 0 Å². The van der Waals surface area contributed by atoms with Crippen molar-refractivity contribution in [2.24, 2.45) is 0 Å². The highest BCUT2D eigenvalue weighted by molar-refractivity contribution is 9.13. The van der Waals surface area contributed by atoms with Gasteiger partial charge in [0.25, 0.3) is 0 Å². The van der Waals surface area contributed by atoms with Crippen LogP contribution in [0, 0.1) is 0 Å². The minimum Gasteiger partial charge on any atom is -0.508 e. The quantitative estimate of drug-likeness (QED) is 0.145. The van der Waals surface area contributed by atoms with Crippen LogP contribution in [0.15, 0.2) is 90.7 Å². The normalized spacial score (nSPS) is 11.4. The zero-order chi connectivity index (χ0) is 33.4. The topological polar surface area (TPSA) is 80.9 Å². The second-order valence-corrected chi connectivity index (χ2v) is 16.8. The molecule has 0 fully saturated rings. The Kier molecular flexibility index (Phi) is 15.8. The summed E-state index contributed by atoms with van der Waals surface area (Å²) in [5.41, 5.74) is 3.85. The standard InChI is InChI=1S/C15H12Br4O2.C15H16O2.C3H5Br3/c1-15(2,7-3-9(16)13(20)10(17)4-7)8-5-11(18)14(21)12(19)6-8;1-15(2,11-3-7-13(16)8-4-11)12-5-9-14(17)10-6-12;4-1-3(6)2-5/h3-6,20-21H,1-2H3;3-10,16-17H,1-2H3;3H,1-2H2. The highest BCUT2D eigenvalue weighted by Gasteiger charge is 2.27. The number of benzene rings is 4. The van der Waals surface area contributed by atoms with E-state index in [9.17, 15) is 20.4 Å². The molecule has 0 radical (unpaired) electrons. The Hall–Kier alpha value is -0.560. The Labute approximate surface area is 318 Å². The molecule has 4 nitrogen and oxygen atoms in total. The summed E-state index contributed by atoms with van der Waals surface area (Å²) in [6, 6.07) is 22.0. The Bertz CT molecular complexity index is 1370. The SMILES string of the molecule is BrCC(Br)CBr.CC(C)(c1cc(Br)c(O)c(Br)c1)c1cc(Br)c(O)c(Br)c1.CC(C)(c1ccc(O)cc1)c1ccc(O)cc1. The van der Waals surface area contributed by atoms with Crippen molar-refractivity contribution in [3.05, 3.63) is 113 Å². The number of rotatable bonds is 6. The van der Waals surface area contributed by atoms with Gasteiger partial charge in [0.2, 0.25) is 0 Å². The number of phenolic OH excluding ortho intramolecular Hbond substituents is 4. The number of hydrogen-bond acceptors (Lipinski definition) is 4. The lowest BCUT2D eigenvalue weighted by atomic mass is 9.78. The smallest absolute Gasteiger partial charge is 0.143 e. The molecule has 0 bridgehead atoms. The second-order valence-electron chi connectivity index (χ2n) is 10.8. The van der Waals surface area contributed by atoms with Gasteiger partial charge in [-0.05, 0) is 135 Å². The van der Waals surface area contributed by atoms with Gasteiger partial charge in [-0.25, -0.2) is 0 Å². The van der Waals surface area contributed by atoms with Gasteiger partial charge in [0.1, 0.15) is 23.0 Å². The minimum atomic E-state index is -0.308. The third kappa shape index (κ3) is 10.7. The van der Waals surface area contributed by atoms with Crippen molar-refractivity contribution in [2.45, 2.75) is 43.4 Å². The van der Waals surface area contributed by atoms with Crippen molar-refractivity contribution in [1.29, 1.82) is 0 Å². The van der Waals surface area contributed by atoms with E-state index in [1.165, 1.54) is 0 Å². The molecule has 4 rings (SSSR count). The van der Waals surface area contributed by atoms with E-state index >= 15 is 0 Å². The fourth-order valence-electron chi connectivity index (χ4n) is 3.98. The van der Waals surface area contributed by atoms with E-state index in [0.717, 1.165) is 32.9 Å². The van der Waals surface area contributed by atoms with Gasteiger partial charge in [0.15, 0.2) is 0 Å². The van der Waals surface area contributed by atoms with Crippen LogP contribution in [0.3, 0.4) is 0 Å². The summed E-state index contributed by atoms with van der Waals surface area (Å²) in [7, 11) is 0. The average Bonchev–Trinajstić information content (AvgIpc) is 2.98. The summed E-state index contributed by atoms with van der Waals surface area (Å²) in [6.45, 7) is 8.41. The fourth-order valence-corrected chi connectivity index (χ4v) is 7.43. The Balaban J connectivity index is 0.000000263. The molecular weight excluding hydrogens is 1020 g/mol. The van der Waals surface area contributed by atoms with Crippen molar-refractivity contribution in [1.82, 2.24) is 0 Å². The van der Waals surface area contributed by atoms with Crippen LogP contribution in [0.5, 0.6) is 23.0 Å². The summed E-state index contributed by atoms with van der Waals surface area (Å²) in [5, 5.41) is 40.3. The summed E-state index contributed by atoms with van der Waals surface area (Å²) in [6.07, 6.45) is 0. The summed E-state index contributed by atoms with van der Waals surface area (Å²) < 4.78 is 2.54. The van der Waals surface area contributed by atoms with E-state index in [1.54, 1.807) is 24.3 Å². The van der Waals surface area contributed by atoms with Crippen LogP contribution in [0.25, 0.3) is 0 Å². The molecule has 4 aromatic rings. The molecule has 0 atom stereocenters. The molecule has 0 aliphatic rings. The first-order valence-corrected chi connectivity index (χ1v) is 19.5. The predicted molar refractivity (Wildman–Crippen MR) is 208 cm³/mol. The molecule has 0 amide bonds. The van der Waals surface area contributed by atoms with Gasteiger partial charge in [-0.15, -0.1) is 0 Å². The summed E-state index contributed by atoms with van der Waals surface area (Å²) in [4.78, 5) is 0.581. The van der Waals surface area contributed by atoms with Gasteiger partial charge in [-0.3, -0.25) is 0 Å². The Morgan fingerprint density at radius 2 is 0.750 bits per heavy atom. The van der Waals surface area contributed by atoms with Crippen molar-refractivity contribution < 1.29 is 20.4 Å². The average molecular weight is 1050 g/mol. The number of alkyl halides is 3. The fraction of sp³-hybridized carbons (Fsp3) is 0.273. The zero-order valence-corrected chi connectivity index (χ0v) is 35.5. The molecular formula is C33H33Br7O4. The predicted octanol–water partition coefficient (Wildman–Crippen LogP) is 12.4. The van der Waals surface area contributed by atoms with Gasteiger partial charge in [0.05, 0.1) is 17.9 Å². The third-order valence-corrected chi connectivity index (χ3v) is 13.4. The first-order chi connectivity index (χ1) is 20.4. The van der Waals surface area contributed by atoms with E-state index < -0.39 is 0 Å². The van der Waals surface area contributed by atoms with E-state index in [-0.39, 0.29) is 33.8 Å². The van der Waals surface area contributed by atoms with E-state index in [4.69, 9.17) is 0 Å². The Morgan fingerprint density at radius 3 is 0.977 bits per heavy atom. The number of phenols is 4. The van der Waals surface area contributed by atoms with E-state index in [2.05, 4.69) is 139 Å². The van der Waals surface area contributed by atoms with Gasteiger partial charge in [0, 0.05) is 26.3 Å². The maximum absolute atomic E-state index is 9.85.